The zero-order chi connectivity index (χ0) is 25.5. The number of carbonyl (C=O) groups excluding carboxylic acids is 1. The highest BCUT2D eigenvalue weighted by Crippen LogP contribution is 2.38. The van der Waals surface area contributed by atoms with Crippen molar-refractivity contribution < 1.29 is 23.7 Å². The van der Waals surface area contributed by atoms with Gasteiger partial charge in [0.15, 0.2) is 11.5 Å². The number of ether oxygens (including phenoxy) is 4. The van der Waals surface area contributed by atoms with Gasteiger partial charge in [0.1, 0.15) is 24.7 Å². The fraction of sp³-hybridized carbons (Fsp3) is 0.321. The van der Waals surface area contributed by atoms with Crippen LogP contribution in [0.15, 0.2) is 60.7 Å². The number of piperazine rings is 1. The lowest BCUT2D eigenvalue weighted by Crippen LogP contribution is -2.47. The first-order chi connectivity index (χ1) is 17.5. The van der Waals surface area contributed by atoms with Gasteiger partial charge in [0.2, 0.25) is 0 Å². The summed E-state index contributed by atoms with van der Waals surface area (Å²) in [5, 5.41) is 0.327. The molecule has 0 atom stereocenters. The normalized spacial score (nSPS) is 13.8. The van der Waals surface area contributed by atoms with Crippen molar-refractivity contribution in [3.8, 4) is 23.0 Å². The minimum atomic E-state index is -0.0685. The Morgan fingerprint density at radius 2 is 1.33 bits per heavy atom. The Kier molecular flexibility index (Phi) is 8.57. The molecule has 0 unspecified atom stereocenters. The van der Waals surface area contributed by atoms with Crippen molar-refractivity contribution in [3.63, 3.8) is 0 Å². The highest BCUT2D eigenvalue weighted by atomic mass is 35.5. The van der Waals surface area contributed by atoms with E-state index in [4.69, 9.17) is 30.5 Å². The maximum atomic E-state index is 13.2. The van der Waals surface area contributed by atoms with E-state index >= 15 is 0 Å². The fourth-order valence-corrected chi connectivity index (χ4v) is 4.16. The van der Waals surface area contributed by atoms with Crippen molar-refractivity contribution in [1.82, 2.24) is 9.80 Å². The summed E-state index contributed by atoms with van der Waals surface area (Å²) in [6.45, 7) is 3.59. The third-order valence-electron chi connectivity index (χ3n) is 6.14. The van der Waals surface area contributed by atoms with Gasteiger partial charge in [0.05, 0.1) is 19.2 Å². The lowest BCUT2D eigenvalue weighted by atomic mass is 10.1. The lowest BCUT2D eigenvalue weighted by Gasteiger charge is -2.32. The molecule has 0 N–H and O–H groups in total. The summed E-state index contributed by atoms with van der Waals surface area (Å²) < 4.78 is 22.7. The number of methoxy groups -OCH3 is 2. The van der Waals surface area contributed by atoms with E-state index in [0.717, 1.165) is 35.7 Å². The summed E-state index contributed by atoms with van der Waals surface area (Å²) in [7, 11) is 5.31. The van der Waals surface area contributed by atoms with Crippen LogP contribution in [-0.2, 0) is 13.2 Å². The number of amides is 1. The van der Waals surface area contributed by atoms with Crippen molar-refractivity contribution in [3.05, 3.63) is 82.4 Å². The molecule has 1 aliphatic rings. The highest BCUT2D eigenvalue weighted by molar-refractivity contribution is 6.32. The van der Waals surface area contributed by atoms with Crippen LogP contribution in [0, 0.1) is 0 Å². The first-order valence-electron chi connectivity index (χ1n) is 11.8. The van der Waals surface area contributed by atoms with E-state index in [-0.39, 0.29) is 19.1 Å². The van der Waals surface area contributed by atoms with Gasteiger partial charge in [-0.15, -0.1) is 0 Å². The van der Waals surface area contributed by atoms with E-state index in [1.807, 2.05) is 53.4 Å². The number of halogens is 1. The molecule has 1 heterocycles. The van der Waals surface area contributed by atoms with Crippen LogP contribution >= 0.6 is 11.6 Å². The Morgan fingerprint density at radius 3 is 1.86 bits per heavy atom. The van der Waals surface area contributed by atoms with Crippen LogP contribution in [0.25, 0.3) is 0 Å². The van der Waals surface area contributed by atoms with Gasteiger partial charge in [-0.1, -0.05) is 35.9 Å². The quantitative estimate of drug-likeness (QED) is 0.408. The van der Waals surface area contributed by atoms with Crippen molar-refractivity contribution in [2.75, 3.05) is 47.4 Å². The van der Waals surface area contributed by atoms with E-state index in [2.05, 4.69) is 11.9 Å². The van der Waals surface area contributed by atoms with Crippen LogP contribution in [0.4, 0.5) is 0 Å². The van der Waals surface area contributed by atoms with E-state index in [0.29, 0.717) is 35.2 Å². The summed E-state index contributed by atoms with van der Waals surface area (Å²) in [5.74, 6) is 2.29. The molecule has 190 valence electrons. The number of hydrogen-bond acceptors (Lipinski definition) is 6. The summed E-state index contributed by atoms with van der Waals surface area (Å²) in [6, 6.07) is 18.6. The van der Waals surface area contributed by atoms with Crippen LogP contribution in [0.2, 0.25) is 5.02 Å². The van der Waals surface area contributed by atoms with Crippen LogP contribution in [0.3, 0.4) is 0 Å². The molecule has 3 aromatic carbocycles. The first kappa shape index (κ1) is 25.7. The Labute approximate surface area is 217 Å². The zero-order valence-electron chi connectivity index (χ0n) is 20.8. The summed E-state index contributed by atoms with van der Waals surface area (Å²) >= 11 is 6.66. The van der Waals surface area contributed by atoms with Crippen molar-refractivity contribution in [1.29, 1.82) is 0 Å². The molecule has 36 heavy (non-hydrogen) atoms. The van der Waals surface area contributed by atoms with Crippen LogP contribution in [0.1, 0.15) is 21.5 Å². The molecular formula is C28H31ClN2O5. The minimum absolute atomic E-state index is 0.0685. The Balaban J connectivity index is 1.56. The van der Waals surface area contributed by atoms with Gasteiger partial charge >= 0.3 is 0 Å². The van der Waals surface area contributed by atoms with E-state index in [1.165, 1.54) is 0 Å². The van der Waals surface area contributed by atoms with E-state index in [1.54, 1.807) is 26.4 Å². The first-order valence-corrected chi connectivity index (χ1v) is 12.2. The van der Waals surface area contributed by atoms with Crippen molar-refractivity contribution in [2.45, 2.75) is 13.2 Å². The summed E-state index contributed by atoms with van der Waals surface area (Å²) in [6.07, 6.45) is 0. The number of hydrogen-bond donors (Lipinski definition) is 0. The molecule has 0 saturated carbocycles. The molecule has 0 bridgehead atoms. The molecule has 1 saturated heterocycles. The molecule has 8 heteroatoms. The van der Waals surface area contributed by atoms with Gasteiger partial charge < -0.3 is 28.7 Å². The largest absolute Gasteiger partial charge is 0.497 e. The van der Waals surface area contributed by atoms with E-state index in [9.17, 15) is 4.79 Å². The second-order valence-electron chi connectivity index (χ2n) is 8.65. The SMILES string of the molecule is COc1ccc(COc2cc(C(=O)N3CCN(C)CC3)cc(Cl)c2OCc2ccc(OC)cc2)cc1. The van der Waals surface area contributed by atoms with Crippen LogP contribution in [0.5, 0.6) is 23.0 Å². The zero-order valence-corrected chi connectivity index (χ0v) is 21.6. The number of likely N-dealkylation sites (N-methyl/N-ethyl adjacent to an activating group) is 1. The lowest BCUT2D eigenvalue weighted by molar-refractivity contribution is 0.0663. The molecule has 1 fully saturated rings. The molecule has 4 rings (SSSR count). The highest BCUT2D eigenvalue weighted by Gasteiger charge is 2.23. The Morgan fingerprint density at radius 1 is 0.806 bits per heavy atom. The monoisotopic (exact) mass is 510 g/mol. The molecular weight excluding hydrogens is 480 g/mol. The van der Waals surface area contributed by atoms with Gasteiger partial charge in [-0.05, 0) is 54.6 Å². The number of carbonyl (C=O) groups is 1. The maximum Gasteiger partial charge on any atom is 0.254 e. The van der Waals surface area contributed by atoms with Gasteiger partial charge in [-0.3, -0.25) is 4.79 Å². The summed E-state index contributed by atoms with van der Waals surface area (Å²) in [5.41, 5.74) is 2.38. The van der Waals surface area contributed by atoms with E-state index < -0.39 is 0 Å². The topological polar surface area (TPSA) is 60.5 Å². The molecule has 0 aromatic heterocycles. The van der Waals surface area contributed by atoms with Crippen molar-refractivity contribution >= 4 is 17.5 Å². The molecule has 0 aliphatic carbocycles. The standard InChI is InChI=1S/C28H31ClN2O5/c1-30-12-14-31(15-13-30)28(32)22-16-25(29)27(36-19-21-6-10-24(34-3)11-7-21)26(17-22)35-18-20-4-8-23(33-2)9-5-20/h4-11,16-17H,12-15,18-19H2,1-3H3. The fourth-order valence-electron chi connectivity index (χ4n) is 3.89. The van der Waals surface area contributed by atoms with Gasteiger partial charge in [-0.2, -0.15) is 0 Å². The Hall–Kier alpha value is -3.42. The average molecular weight is 511 g/mol. The third-order valence-corrected chi connectivity index (χ3v) is 6.42. The number of rotatable bonds is 9. The third kappa shape index (κ3) is 6.42. The van der Waals surface area contributed by atoms with Gasteiger partial charge in [-0.25, -0.2) is 0 Å². The smallest absolute Gasteiger partial charge is 0.254 e. The Bertz CT molecular complexity index is 1160. The molecule has 0 radical (unpaired) electrons. The minimum Gasteiger partial charge on any atom is -0.497 e. The second-order valence-corrected chi connectivity index (χ2v) is 9.06. The van der Waals surface area contributed by atoms with Gasteiger partial charge in [0, 0.05) is 31.7 Å². The molecule has 7 nitrogen and oxygen atoms in total. The van der Waals surface area contributed by atoms with Gasteiger partial charge in [0.25, 0.3) is 5.91 Å². The average Bonchev–Trinajstić information content (AvgIpc) is 2.91. The van der Waals surface area contributed by atoms with Crippen molar-refractivity contribution in [2.24, 2.45) is 0 Å². The maximum absolute atomic E-state index is 13.2. The predicted octanol–water partition coefficient (Wildman–Crippen LogP) is 4.90. The number of nitrogens with zero attached hydrogens (tertiary/aromatic N) is 2. The molecule has 3 aromatic rings. The second kappa shape index (κ2) is 12.0. The van der Waals surface area contributed by atoms with Crippen LogP contribution in [-0.4, -0.2) is 63.2 Å². The van der Waals surface area contributed by atoms with Crippen LogP contribution < -0.4 is 18.9 Å². The molecule has 0 spiro atoms. The summed E-state index contributed by atoms with van der Waals surface area (Å²) in [4.78, 5) is 17.3. The predicted molar refractivity (Wildman–Crippen MR) is 140 cm³/mol. The molecule has 1 amide bonds. The number of benzene rings is 3. The molecule has 1 aliphatic heterocycles.